The molecule has 0 aliphatic heterocycles. The third kappa shape index (κ3) is 6.20. The molecular weight excluding hydrogens is 477 g/mol. The van der Waals surface area contributed by atoms with Gasteiger partial charge in [-0.15, -0.1) is 10.2 Å². The minimum Gasteiger partial charge on any atom is -0.482 e. The lowest BCUT2D eigenvalue weighted by molar-refractivity contribution is -0.137. The number of anilines is 1. The molecule has 1 aromatic heterocycles. The number of rotatable bonds is 7. The van der Waals surface area contributed by atoms with Crippen LogP contribution in [0.4, 0.5) is 18.9 Å². The van der Waals surface area contributed by atoms with Crippen LogP contribution in [-0.4, -0.2) is 26.4 Å². The molecule has 2 aromatic carbocycles. The quantitative estimate of drug-likeness (QED) is 0.406. The zero-order valence-electron chi connectivity index (χ0n) is 18.3. The van der Waals surface area contributed by atoms with Crippen molar-refractivity contribution >= 4 is 35.0 Å². The van der Waals surface area contributed by atoms with Gasteiger partial charge in [-0.1, -0.05) is 41.1 Å². The summed E-state index contributed by atoms with van der Waals surface area (Å²) in [6, 6.07) is 8.64. The van der Waals surface area contributed by atoms with Gasteiger partial charge in [-0.05, 0) is 50.6 Å². The summed E-state index contributed by atoms with van der Waals surface area (Å²) in [4.78, 5) is 12.3. The predicted octanol–water partition coefficient (Wildman–Crippen LogP) is 5.97. The van der Waals surface area contributed by atoms with E-state index >= 15 is 0 Å². The van der Waals surface area contributed by atoms with Crippen LogP contribution < -0.4 is 10.1 Å². The van der Waals surface area contributed by atoms with Gasteiger partial charge in [-0.2, -0.15) is 13.2 Å². The average Bonchev–Trinajstić information content (AvgIpc) is 3.10. The summed E-state index contributed by atoms with van der Waals surface area (Å²) >= 11 is 7.02. The van der Waals surface area contributed by atoms with Gasteiger partial charge < -0.3 is 14.6 Å². The monoisotopic (exact) mass is 498 g/mol. The van der Waals surface area contributed by atoms with Gasteiger partial charge in [0.2, 0.25) is 5.91 Å². The molecule has 0 aliphatic carbocycles. The highest BCUT2D eigenvalue weighted by Crippen LogP contribution is 2.34. The standard InChI is InChI=1S/C22H22ClF3N4O2S/c1-12-5-8-18(13(2)9-12)32-14(3)20-28-29-21(30(20)4)33-11-19(31)27-17-10-15(22(24,25)26)6-7-16(17)23/h5-10,14H,11H2,1-4H3,(H,27,31). The van der Waals surface area contributed by atoms with E-state index in [1.54, 1.807) is 11.6 Å². The molecule has 6 nitrogen and oxygen atoms in total. The topological polar surface area (TPSA) is 69.0 Å². The summed E-state index contributed by atoms with van der Waals surface area (Å²) in [6.45, 7) is 5.81. The van der Waals surface area contributed by atoms with Crippen LogP contribution in [0.3, 0.4) is 0 Å². The molecular formula is C22H22ClF3N4O2S. The van der Waals surface area contributed by atoms with E-state index in [1.165, 1.54) is 0 Å². The Hall–Kier alpha value is -2.72. The molecule has 3 aromatic rings. The number of hydrogen-bond donors (Lipinski definition) is 1. The number of nitrogens with zero attached hydrogens (tertiary/aromatic N) is 3. The van der Waals surface area contributed by atoms with Crippen molar-refractivity contribution in [2.45, 2.75) is 38.2 Å². The van der Waals surface area contributed by atoms with Crippen LogP contribution in [0.2, 0.25) is 5.02 Å². The van der Waals surface area contributed by atoms with Crippen LogP contribution in [0.25, 0.3) is 0 Å². The normalized spacial score (nSPS) is 12.5. The molecule has 1 unspecified atom stereocenters. The van der Waals surface area contributed by atoms with E-state index in [2.05, 4.69) is 15.5 Å². The van der Waals surface area contributed by atoms with Crippen molar-refractivity contribution in [1.29, 1.82) is 0 Å². The van der Waals surface area contributed by atoms with Gasteiger partial charge in [0.05, 0.1) is 22.0 Å². The number of hydrogen-bond acceptors (Lipinski definition) is 5. The second-order valence-corrected chi connectivity index (χ2v) is 8.81. The summed E-state index contributed by atoms with van der Waals surface area (Å²) in [5.74, 6) is 0.692. The number of alkyl halides is 3. The second-order valence-electron chi connectivity index (χ2n) is 7.46. The zero-order valence-corrected chi connectivity index (χ0v) is 19.9. The molecule has 1 heterocycles. The summed E-state index contributed by atoms with van der Waals surface area (Å²) < 4.78 is 46.5. The number of aryl methyl sites for hydroxylation is 2. The first-order valence-electron chi connectivity index (χ1n) is 9.88. The lowest BCUT2D eigenvalue weighted by Crippen LogP contribution is -2.16. The summed E-state index contributed by atoms with van der Waals surface area (Å²) in [7, 11) is 1.75. The SMILES string of the molecule is Cc1ccc(OC(C)c2nnc(SCC(=O)Nc3cc(C(F)(F)F)ccc3Cl)n2C)c(C)c1. The number of carbonyl (C=O) groups is 1. The molecule has 33 heavy (non-hydrogen) atoms. The van der Waals surface area contributed by atoms with Crippen LogP contribution >= 0.6 is 23.4 Å². The zero-order chi connectivity index (χ0) is 24.3. The third-order valence-electron chi connectivity index (χ3n) is 4.77. The van der Waals surface area contributed by atoms with Crippen molar-refractivity contribution in [3.05, 3.63) is 63.9 Å². The Kier molecular flexibility index (Phi) is 7.58. The maximum absolute atomic E-state index is 12.9. The van der Waals surface area contributed by atoms with E-state index in [-0.39, 0.29) is 16.5 Å². The van der Waals surface area contributed by atoms with Gasteiger partial charge in [0.25, 0.3) is 0 Å². The maximum atomic E-state index is 12.9. The van der Waals surface area contributed by atoms with Crippen molar-refractivity contribution in [1.82, 2.24) is 14.8 Å². The van der Waals surface area contributed by atoms with E-state index < -0.39 is 23.8 Å². The summed E-state index contributed by atoms with van der Waals surface area (Å²) in [5, 5.41) is 11.2. The second kappa shape index (κ2) is 10.0. The van der Waals surface area contributed by atoms with Crippen molar-refractivity contribution < 1.29 is 22.7 Å². The van der Waals surface area contributed by atoms with E-state index in [4.69, 9.17) is 16.3 Å². The molecule has 1 N–H and O–H groups in total. The van der Waals surface area contributed by atoms with Crippen molar-refractivity contribution in [3.8, 4) is 5.75 Å². The minimum absolute atomic E-state index is 0.0136. The van der Waals surface area contributed by atoms with Crippen LogP contribution in [0, 0.1) is 13.8 Å². The lowest BCUT2D eigenvalue weighted by atomic mass is 10.1. The highest BCUT2D eigenvalue weighted by molar-refractivity contribution is 7.99. The van der Waals surface area contributed by atoms with Gasteiger partial charge in [-0.3, -0.25) is 4.79 Å². The Morgan fingerprint density at radius 2 is 1.94 bits per heavy atom. The average molecular weight is 499 g/mol. The molecule has 0 saturated heterocycles. The predicted molar refractivity (Wildman–Crippen MR) is 122 cm³/mol. The Morgan fingerprint density at radius 1 is 1.21 bits per heavy atom. The lowest BCUT2D eigenvalue weighted by Gasteiger charge is -2.16. The van der Waals surface area contributed by atoms with E-state index in [0.717, 1.165) is 46.8 Å². The van der Waals surface area contributed by atoms with Crippen LogP contribution in [0.15, 0.2) is 41.6 Å². The van der Waals surface area contributed by atoms with Gasteiger partial charge >= 0.3 is 6.18 Å². The number of aromatic nitrogens is 3. The fraction of sp³-hybridized carbons (Fsp3) is 0.318. The molecule has 1 amide bonds. The number of amides is 1. The fourth-order valence-electron chi connectivity index (χ4n) is 3.09. The van der Waals surface area contributed by atoms with Crippen molar-refractivity contribution in [2.24, 2.45) is 7.05 Å². The van der Waals surface area contributed by atoms with Crippen LogP contribution in [0.1, 0.15) is 35.5 Å². The van der Waals surface area contributed by atoms with Gasteiger partial charge in [0.15, 0.2) is 17.1 Å². The van der Waals surface area contributed by atoms with Crippen molar-refractivity contribution in [3.63, 3.8) is 0 Å². The first-order valence-corrected chi connectivity index (χ1v) is 11.2. The molecule has 0 fully saturated rings. The molecule has 3 rings (SSSR count). The van der Waals surface area contributed by atoms with Crippen molar-refractivity contribution in [2.75, 3.05) is 11.1 Å². The maximum Gasteiger partial charge on any atom is 0.416 e. The highest BCUT2D eigenvalue weighted by Gasteiger charge is 2.31. The molecule has 11 heteroatoms. The number of halogens is 4. The molecule has 0 bridgehead atoms. The first kappa shape index (κ1) is 24.9. The molecule has 0 radical (unpaired) electrons. The number of benzene rings is 2. The Labute approximate surface area is 198 Å². The van der Waals surface area contributed by atoms with E-state index in [9.17, 15) is 18.0 Å². The number of thioether (sulfide) groups is 1. The van der Waals surface area contributed by atoms with Gasteiger partial charge in [0, 0.05) is 7.05 Å². The fourth-order valence-corrected chi connectivity index (χ4v) is 3.98. The molecule has 1 atom stereocenters. The van der Waals surface area contributed by atoms with Crippen LogP contribution in [-0.2, 0) is 18.0 Å². The first-order chi connectivity index (χ1) is 15.5. The van der Waals surface area contributed by atoms with E-state index in [0.29, 0.717) is 11.0 Å². The summed E-state index contributed by atoms with van der Waals surface area (Å²) in [5.41, 5.74) is 1.13. The number of ether oxygens (including phenoxy) is 1. The van der Waals surface area contributed by atoms with E-state index in [1.807, 2.05) is 39.0 Å². The Balaban J connectivity index is 1.63. The molecule has 176 valence electrons. The van der Waals surface area contributed by atoms with Gasteiger partial charge in [0.1, 0.15) is 5.75 Å². The number of nitrogens with one attached hydrogen (secondary N) is 1. The molecule has 0 saturated carbocycles. The third-order valence-corrected chi connectivity index (χ3v) is 6.12. The number of carbonyl (C=O) groups excluding carboxylic acids is 1. The smallest absolute Gasteiger partial charge is 0.416 e. The van der Waals surface area contributed by atoms with Gasteiger partial charge in [-0.25, -0.2) is 0 Å². The molecule has 0 aliphatic rings. The Bertz CT molecular complexity index is 1170. The Morgan fingerprint density at radius 3 is 2.61 bits per heavy atom. The highest BCUT2D eigenvalue weighted by atomic mass is 35.5. The summed E-state index contributed by atoms with van der Waals surface area (Å²) in [6.07, 6.45) is -4.93. The van der Waals surface area contributed by atoms with Crippen LogP contribution in [0.5, 0.6) is 5.75 Å². The minimum atomic E-state index is -4.54. The largest absolute Gasteiger partial charge is 0.482 e. The molecule has 0 spiro atoms.